The third-order valence-corrected chi connectivity index (χ3v) is 4.82. The van der Waals surface area contributed by atoms with Gasteiger partial charge in [0.1, 0.15) is 17.0 Å². The van der Waals surface area contributed by atoms with Gasteiger partial charge in [0.2, 0.25) is 5.95 Å². The Kier molecular flexibility index (Phi) is 3.17. The van der Waals surface area contributed by atoms with Gasteiger partial charge in [-0.2, -0.15) is 9.97 Å². The third kappa shape index (κ3) is 1.88. The van der Waals surface area contributed by atoms with Crippen molar-refractivity contribution in [3.8, 4) is 0 Å². The molecule has 1 aliphatic rings. The monoisotopic (exact) mass is 298 g/mol. The molecule has 1 unspecified atom stereocenters. The van der Waals surface area contributed by atoms with Crippen LogP contribution in [0.25, 0.3) is 11.2 Å². The van der Waals surface area contributed by atoms with E-state index in [0.717, 1.165) is 0 Å². The zero-order valence-corrected chi connectivity index (χ0v) is 11.1. The van der Waals surface area contributed by atoms with Gasteiger partial charge in [-0.15, -0.1) is 11.8 Å². The van der Waals surface area contributed by atoms with Crippen molar-refractivity contribution in [1.29, 1.82) is 0 Å². The second kappa shape index (κ2) is 4.74. The van der Waals surface area contributed by atoms with E-state index in [0.29, 0.717) is 11.2 Å². The van der Waals surface area contributed by atoms with Gasteiger partial charge in [0.15, 0.2) is 11.5 Å². The molecule has 2 aromatic heterocycles. The molecule has 9 nitrogen and oxygen atoms in total. The minimum Gasteiger partial charge on any atom is -0.395 e. The molecule has 2 aromatic rings. The SMILES string of the molecule is Nc1nc(N)c2ncn([C@@H]3S[C@H](CO)C(O)[C@@H]3O)c2n1. The van der Waals surface area contributed by atoms with Gasteiger partial charge in [0, 0.05) is 0 Å². The number of aliphatic hydroxyl groups is 3. The number of nitrogen functional groups attached to an aromatic ring is 2. The molecule has 1 fully saturated rings. The van der Waals surface area contributed by atoms with Gasteiger partial charge >= 0.3 is 0 Å². The maximum absolute atomic E-state index is 10.1. The molecule has 3 rings (SSSR count). The van der Waals surface area contributed by atoms with Crippen molar-refractivity contribution in [2.24, 2.45) is 0 Å². The first-order chi connectivity index (χ1) is 9.52. The first-order valence-corrected chi connectivity index (χ1v) is 6.85. The van der Waals surface area contributed by atoms with Gasteiger partial charge in [-0.3, -0.25) is 4.57 Å². The van der Waals surface area contributed by atoms with Crippen molar-refractivity contribution in [3.63, 3.8) is 0 Å². The predicted octanol–water partition coefficient (Wildman–Crippen LogP) is -1.68. The number of hydrogen-bond acceptors (Lipinski definition) is 9. The molecule has 0 amide bonds. The first-order valence-electron chi connectivity index (χ1n) is 5.91. The van der Waals surface area contributed by atoms with E-state index in [-0.39, 0.29) is 18.4 Å². The summed E-state index contributed by atoms with van der Waals surface area (Å²) in [5, 5.41) is 28.1. The van der Waals surface area contributed by atoms with Crippen molar-refractivity contribution in [2.75, 3.05) is 18.1 Å². The normalized spacial score (nSPS) is 30.1. The Hall–Kier alpha value is -1.62. The summed E-state index contributed by atoms with van der Waals surface area (Å²) in [6.45, 7) is -0.231. The fourth-order valence-corrected chi connectivity index (χ4v) is 3.63. The number of anilines is 2. The van der Waals surface area contributed by atoms with Crippen LogP contribution in [0.2, 0.25) is 0 Å². The zero-order valence-electron chi connectivity index (χ0n) is 10.3. The first kappa shape index (κ1) is 13.4. The molecule has 3 heterocycles. The molecule has 0 spiro atoms. The molecule has 4 atom stereocenters. The highest BCUT2D eigenvalue weighted by Crippen LogP contribution is 2.42. The van der Waals surface area contributed by atoms with Crippen LogP contribution in [0.1, 0.15) is 5.37 Å². The number of fused-ring (bicyclic) bond motifs is 1. The summed E-state index contributed by atoms with van der Waals surface area (Å²) < 4.78 is 1.58. The van der Waals surface area contributed by atoms with E-state index in [1.807, 2.05) is 0 Å². The molecule has 108 valence electrons. The molecule has 0 saturated carbocycles. The number of aromatic nitrogens is 4. The number of nitrogens with two attached hydrogens (primary N) is 2. The summed E-state index contributed by atoms with van der Waals surface area (Å²) in [5.41, 5.74) is 12.1. The van der Waals surface area contributed by atoms with Crippen LogP contribution in [-0.2, 0) is 0 Å². The van der Waals surface area contributed by atoms with E-state index < -0.39 is 22.8 Å². The smallest absolute Gasteiger partial charge is 0.224 e. The number of imidazole rings is 1. The lowest BCUT2D eigenvalue weighted by molar-refractivity contribution is 0.0113. The Morgan fingerprint density at radius 1 is 1.25 bits per heavy atom. The van der Waals surface area contributed by atoms with Crippen molar-refractivity contribution in [3.05, 3.63) is 6.33 Å². The minimum atomic E-state index is -1.05. The molecule has 1 aliphatic heterocycles. The fraction of sp³-hybridized carbons (Fsp3) is 0.500. The van der Waals surface area contributed by atoms with Gasteiger partial charge in [0.25, 0.3) is 0 Å². The van der Waals surface area contributed by atoms with E-state index in [1.165, 1.54) is 18.1 Å². The quantitative estimate of drug-likeness (QED) is 0.436. The second-order valence-corrected chi connectivity index (χ2v) is 5.88. The number of rotatable bonds is 2. The average Bonchev–Trinajstić information content (AvgIpc) is 2.93. The molecular formula is C10H14N6O3S. The van der Waals surface area contributed by atoms with Gasteiger partial charge in [0.05, 0.1) is 24.3 Å². The van der Waals surface area contributed by atoms with Crippen molar-refractivity contribution in [2.45, 2.75) is 22.8 Å². The van der Waals surface area contributed by atoms with Crippen LogP contribution >= 0.6 is 11.8 Å². The fourth-order valence-electron chi connectivity index (χ4n) is 2.25. The Balaban J connectivity index is 2.07. The van der Waals surface area contributed by atoms with Crippen LogP contribution in [0, 0.1) is 0 Å². The summed E-state index contributed by atoms with van der Waals surface area (Å²) in [5.74, 6) is 0.163. The second-order valence-electron chi connectivity index (χ2n) is 4.52. The molecule has 0 aromatic carbocycles. The van der Waals surface area contributed by atoms with Crippen molar-refractivity contribution in [1.82, 2.24) is 19.5 Å². The van der Waals surface area contributed by atoms with Gasteiger partial charge < -0.3 is 26.8 Å². The number of thioether (sulfide) groups is 1. The highest BCUT2D eigenvalue weighted by Gasteiger charge is 2.43. The van der Waals surface area contributed by atoms with Gasteiger partial charge in [-0.25, -0.2) is 4.98 Å². The number of hydrogen-bond donors (Lipinski definition) is 5. The van der Waals surface area contributed by atoms with E-state index in [4.69, 9.17) is 11.5 Å². The molecule has 1 saturated heterocycles. The summed E-state index contributed by atoms with van der Waals surface area (Å²) in [6, 6.07) is 0. The van der Waals surface area contributed by atoms with E-state index in [2.05, 4.69) is 15.0 Å². The molecule has 0 aliphatic carbocycles. The summed E-state index contributed by atoms with van der Waals surface area (Å²) >= 11 is 1.24. The third-order valence-electron chi connectivity index (χ3n) is 3.26. The van der Waals surface area contributed by atoms with Gasteiger partial charge in [-0.1, -0.05) is 0 Å². The Bertz CT molecular complexity index is 649. The molecule has 7 N–H and O–H groups in total. The lowest BCUT2D eigenvalue weighted by Crippen LogP contribution is -2.32. The predicted molar refractivity (Wildman–Crippen MR) is 73.7 cm³/mol. The van der Waals surface area contributed by atoms with Gasteiger partial charge in [-0.05, 0) is 0 Å². The maximum Gasteiger partial charge on any atom is 0.224 e. The molecule has 10 heteroatoms. The Morgan fingerprint density at radius 3 is 2.65 bits per heavy atom. The highest BCUT2D eigenvalue weighted by atomic mass is 32.2. The summed E-state index contributed by atoms with van der Waals surface area (Å²) in [6.07, 6.45) is -0.612. The summed E-state index contributed by atoms with van der Waals surface area (Å²) in [7, 11) is 0. The zero-order chi connectivity index (χ0) is 14.4. The van der Waals surface area contributed by atoms with Crippen LogP contribution in [0.4, 0.5) is 11.8 Å². The van der Waals surface area contributed by atoms with Crippen molar-refractivity contribution >= 4 is 34.7 Å². The number of aliphatic hydroxyl groups excluding tert-OH is 3. The lowest BCUT2D eigenvalue weighted by Gasteiger charge is -2.17. The van der Waals surface area contributed by atoms with E-state index >= 15 is 0 Å². The topological polar surface area (TPSA) is 156 Å². The van der Waals surface area contributed by atoms with Crippen LogP contribution in [0.3, 0.4) is 0 Å². The lowest BCUT2D eigenvalue weighted by atomic mass is 10.1. The van der Waals surface area contributed by atoms with Crippen LogP contribution < -0.4 is 11.5 Å². The summed E-state index contributed by atoms with van der Waals surface area (Å²) in [4.78, 5) is 12.0. The molecular weight excluding hydrogens is 284 g/mol. The van der Waals surface area contributed by atoms with Crippen molar-refractivity contribution < 1.29 is 15.3 Å². The minimum absolute atomic E-state index is 0.00786. The Morgan fingerprint density at radius 2 is 2.00 bits per heavy atom. The molecule has 20 heavy (non-hydrogen) atoms. The van der Waals surface area contributed by atoms with E-state index in [1.54, 1.807) is 4.57 Å². The highest BCUT2D eigenvalue weighted by molar-refractivity contribution is 8.00. The van der Waals surface area contributed by atoms with E-state index in [9.17, 15) is 15.3 Å². The maximum atomic E-state index is 10.1. The Labute approximate surface area is 117 Å². The molecule has 0 radical (unpaired) electrons. The standard InChI is InChI=1S/C10H14N6O3S/c11-7-4-8(15-10(12)14-7)16(2-13-4)9-6(19)5(18)3(1-17)20-9/h2-3,5-6,9,17-19H,1H2,(H4,11,12,14,15)/t3-,5?,6+,9-/m1/s1. The molecule has 0 bridgehead atoms. The average molecular weight is 298 g/mol. The van der Waals surface area contributed by atoms with Crippen LogP contribution in [-0.4, -0.2) is 58.9 Å². The van der Waals surface area contributed by atoms with Crippen LogP contribution in [0.15, 0.2) is 6.33 Å². The number of nitrogens with zero attached hydrogens (tertiary/aromatic N) is 4. The van der Waals surface area contributed by atoms with Crippen LogP contribution in [0.5, 0.6) is 0 Å². The largest absolute Gasteiger partial charge is 0.395 e.